The van der Waals surface area contributed by atoms with Crippen LogP contribution < -0.4 is 0 Å². The summed E-state index contributed by atoms with van der Waals surface area (Å²) < 4.78 is 11.3. The number of carbonyl (C=O) groups is 1. The Balaban J connectivity index is 1.59. The van der Waals surface area contributed by atoms with Crippen molar-refractivity contribution in [2.24, 2.45) is 0 Å². The Morgan fingerprint density at radius 1 is 1.15 bits per heavy atom. The molecule has 1 spiro atoms. The number of hydrogen-bond donors (Lipinski definition) is 1. The van der Waals surface area contributed by atoms with Gasteiger partial charge in [0.2, 0.25) is 5.91 Å². The van der Waals surface area contributed by atoms with Crippen molar-refractivity contribution < 1.29 is 19.4 Å². The topological polar surface area (TPSA) is 59.0 Å². The summed E-state index contributed by atoms with van der Waals surface area (Å²) in [6.45, 7) is 3.12. The summed E-state index contributed by atoms with van der Waals surface area (Å²) in [6.07, 6.45) is 5.89. The predicted molar refractivity (Wildman–Crippen MR) is 73.4 cm³/mol. The van der Waals surface area contributed by atoms with E-state index in [0.29, 0.717) is 32.9 Å². The Kier molecular flexibility index (Phi) is 4.02. The Morgan fingerprint density at radius 2 is 1.95 bits per heavy atom. The number of aliphatic hydroxyl groups is 1. The van der Waals surface area contributed by atoms with Crippen LogP contribution >= 0.6 is 0 Å². The van der Waals surface area contributed by atoms with Gasteiger partial charge in [-0.1, -0.05) is 19.3 Å². The number of ether oxygens (including phenoxy) is 2. The Hall–Kier alpha value is -0.650. The summed E-state index contributed by atoms with van der Waals surface area (Å²) in [6, 6.07) is 0. The molecule has 1 saturated carbocycles. The lowest BCUT2D eigenvalue weighted by molar-refractivity contribution is -0.155. The minimum Gasteiger partial charge on any atom is -0.389 e. The molecular weight excluding hydrogens is 258 g/mol. The van der Waals surface area contributed by atoms with Crippen LogP contribution in [0.25, 0.3) is 0 Å². The molecule has 0 aromatic carbocycles. The van der Waals surface area contributed by atoms with Gasteiger partial charge >= 0.3 is 0 Å². The van der Waals surface area contributed by atoms with Crippen molar-refractivity contribution in [3.05, 3.63) is 0 Å². The van der Waals surface area contributed by atoms with E-state index in [1.54, 1.807) is 0 Å². The normalized spacial score (nSPS) is 33.5. The first kappa shape index (κ1) is 14.3. The minimum absolute atomic E-state index is 0.0731. The molecule has 0 aromatic heterocycles. The van der Waals surface area contributed by atoms with Crippen molar-refractivity contribution in [1.29, 1.82) is 0 Å². The second kappa shape index (κ2) is 5.62. The molecule has 2 heterocycles. The van der Waals surface area contributed by atoms with Crippen LogP contribution in [0.5, 0.6) is 0 Å². The average Bonchev–Trinajstić information content (AvgIpc) is 2.87. The summed E-state index contributed by atoms with van der Waals surface area (Å²) in [4.78, 5) is 14.3. The molecule has 20 heavy (non-hydrogen) atoms. The van der Waals surface area contributed by atoms with Crippen LogP contribution in [-0.2, 0) is 14.3 Å². The Morgan fingerprint density at radius 3 is 2.65 bits per heavy atom. The van der Waals surface area contributed by atoms with Crippen LogP contribution in [-0.4, -0.2) is 60.0 Å². The molecule has 1 atom stereocenters. The number of nitrogens with zero attached hydrogens (tertiary/aromatic N) is 1. The molecule has 1 aliphatic carbocycles. The van der Waals surface area contributed by atoms with Crippen molar-refractivity contribution in [3.63, 3.8) is 0 Å². The molecule has 1 amide bonds. The third kappa shape index (κ3) is 3.00. The first-order valence-electron chi connectivity index (χ1n) is 7.83. The fourth-order valence-corrected chi connectivity index (χ4v) is 3.66. The zero-order chi connectivity index (χ0) is 14.1. The highest BCUT2D eigenvalue weighted by atomic mass is 16.6. The van der Waals surface area contributed by atoms with Crippen molar-refractivity contribution in [1.82, 2.24) is 4.90 Å². The molecule has 3 rings (SSSR count). The molecular formula is C15H25NO4. The van der Waals surface area contributed by atoms with Gasteiger partial charge in [-0.15, -0.1) is 0 Å². The van der Waals surface area contributed by atoms with E-state index in [9.17, 15) is 9.90 Å². The number of hydrogen-bond acceptors (Lipinski definition) is 4. The van der Waals surface area contributed by atoms with Crippen LogP contribution in [0.1, 0.15) is 44.9 Å². The summed E-state index contributed by atoms with van der Waals surface area (Å²) in [7, 11) is 0. The van der Waals surface area contributed by atoms with Crippen LogP contribution in [0.2, 0.25) is 0 Å². The lowest BCUT2D eigenvalue weighted by Crippen LogP contribution is -2.55. The van der Waals surface area contributed by atoms with E-state index in [-0.39, 0.29) is 17.9 Å². The average molecular weight is 283 g/mol. The van der Waals surface area contributed by atoms with Crippen molar-refractivity contribution >= 4 is 5.91 Å². The zero-order valence-electron chi connectivity index (χ0n) is 12.1. The largest absolute Gasteiger partial charge is 0.389 e. The van der Waals surface area contributed by atoms with Gasteiger partial charge in [0.15, 0.2) is 0 Å². The third-order valence-electron chi connectivity index (χ3n) is 4.93. The van der Waals surface area contributed by atoms with E-state index < -0.39 is 5.60 Å². The van der Waals surface area contributed by atoms with Gasteiger partial charge in [0.05, 0.1) is 31.8 Å². The smallest absolute Gasteiger partial charge is 0.225 e. The first-order valence-corrected chi connectivity index (χ1v) is 7.83. The summed E-state index contributed by atoms with van der Waals surface area (Å²) in [5.41, 5.74) is -1.06. The molecule has 5 heteroatoms. The van der Waals surface area contributed by atoms with Crippen LogP contribution in [0.4, 0.5) is 0 Å². The van der Waals surface area contributed by atoms with Crippen LogP contribution in [0, 0.1) is 0 Å². The van der Waals surface area contributed by atoms with Gasteiger partial charge in [0.25, 0.3) is 0 Å². The summed E-state index contributed by atoms with van der Waals surface area (Å²) in [5.74, 6) is 0.0731. The highest BCUT2D eigenvalue weighted by Gasteiger charge is 2.43. The molecule has 1 N–H and O–H groups in total. The van der Waals surface area contributed by atoms with Gasteiger partial charge in [-0.2, -0.15) is 0 Å². The van der Waals surface area contributed by atoms with Crippen molar-refractivity contribution in [3.8, 4) is 0 Å². The molecule has 2 aliphatic heterocycles. The maximum Gasteiger partial charge on any atom is 0.225 e. The molecule has 5 nitrogen and oxygen atoms in total. The van der Waals surface area contributed by atoms with Gasteiger partial charge in [-0.05, 0) is 12.8 Å². The van der Waals surface area contributed by atoms with Gasteiger partial charge in [-0.25, -0.2) is 0 Å². The zero-order valence-corrected chi connectivity index (χ0v) is 12.1. The molecule has 0 aromatic rings. The Bertz CT molecular complexity index is 359. The monoisotopic (exact) mass is 283 g/mol. The van der Waals surface area contributed by atoms with Crippen molar-refractivity contribution in [2.45, 2.75) is 56.1 Å². The minimum atomic E-state index is -0.771. The number of rotatable bonds is 2. The van der Waals surface area contributed by atoms with Gasteiger partial charge in [0.1, 0.15) is 5.60 Å². The summed E-state index contributed by atoms with van der Waals surface area (Å²) in [5, 5.41) is 10.5. The maximum absolute atomic E-state index is 12.5. The highest BCUT2D eigenvalue weighted by molar-refractivity contribution is 5.77. The second-order valence-electron chi connectivity index (χ2n) is 6.61. The highest BCUT2D eigenvalue weighted by Crippen LogP contribution is 2.33. The second-order valence-corrected chi connectivity index (χ2v) is 6.61. The van der Waals surface area contributed by atoms with Crippen molar-refractivity contribution in [2.75, 3.05) is 32.9 Å². The van der Waals surface area contributed by atoms with Crippen LogP contribution in [0.3, 0.4) is 0 Å². The van der Waals surface area contributed by atoms with Gasteiger partial charge in [0, 0.05) is 19.6 Å². The fourth-order valence-electron chi connectivity index (χ4n) is 3.66. The van der Waals surface area contributed by atoms with E-state index in [4.69, 9.17) is 9.47 Å². The fraction of sp³-hybridized carbons (Fsp3) is 0.933. The standard InChI is InChI=1S/C15H25NO4/c17-13(10-14(18)4-2-1-3-5-14)16-7-9-20-15(11-16)6-8-19-12-15/h18H,1-12H2. The molecule has 2 saturated heterocycles. The lowest BCUT2D eigenvalue weighted by atomic mass is 9.82. The third-order valence-corrected chi connectivity index (χ3v) is 4.93. The molecule has 3 fully saturated rings. The SMILES string of the molecule is O=C(CC1(O)CCCCC1)N1CCOC2(CCOC2)C1. The molecule has 0 bridgehead atoms. The van der Waals surface area contributed by atoms with E-state index >= 15 is 0 Å². The van der Waals surface area contributed by atoms with Gasteiger partial charge in [-0.3, -0.25) is 4.79 Å². The first-order chi connectivity index (χ1) is 9.61. The van der Waals surface area contributed by atoms with Gasteiger partial charge < -0.3 is 19.5 Å². The van der Waals surface area contributed by atoms with E-state index in [1.165, 1.54) is 6.42 Å². The number of amides is 1. The quantitative estimate of drug-likeness (QED) is 0.824. The van der Waals surface area contributed by atoms with E-state index in [2.05, 4.69) is 0 Å². The Labute approximate surface area is 120 Å². The molecule has 1 unspecified atom stereocenters. The number of morpholine rings is 1. The lowest BCUT2D eigenvalue weighted by Gasteiger charge is -2.41. The number of carbonyl (C=O) groups excluding carboxylic acids is 1. The molecule has 3 aliphatic rings. The van der Waals surface area contributed by atoms with E-state index in [0.717, 1.165) is 32.1 Å². The molecule has 0 radical (unpaired) electrons. The maximum atomic E-state index is 12.5. The van der Waals surface area contributed by atoms with Crippen LogP contribution in [0.15, 0.2) is 0 Å². The molecule has 114 valence electrons. The van der Waals surface area contributed by atoms with E-state index in [1.807, 2.05) is 4.90 Å². The summed E-state index contributed by atoms with van der Waals surface area (Å²) >= 11 is 0. The predicted octanol–water partition coefficient (Wildman–Crippen LogP) is 1.09.